The van der Waals surface area contributed by atoms with Gasteiger partial charge in [-0.25, -0.2) is 4.99 Å². The highest BCUT2D eigenvalue weighted by molar-refractivity contribution is 9.10. The number of rotatable bonds is 4. The van der Waals surface area contributed by atoms with Crippen LogP contribution < -0.4 is 0 Å². The van der Waals surface area contributed by atoms with Crippen molar-refractivity contribution >= 4 is 50.1 Å². The fourth-order valence-corrected chi connectivity index (χ4v) is 2.64. The number of aromatic nitrogens is 1. The molecule has 0 fully saturated rings. The highest BCUT2D eigenvalue weighted by Gasteiger charge is 2.21. The van der Waals surface area contributed by atoms with E-state index in [0.717, 1.165) is 11.5 Å². The fourth-order valence-electron chi connectivity index (χ4n) is 1.53. The summed E-state index contributed by atoms with van der Waals surface area (Å²) in [6, 6.07) is 4.46. The Hall–Kier alpha value is -2.20. The lowest BCUT2D eigenvalue weighted by molar-refractivity contribution is -0.385. The number of hydrogen-bond donors (Lipinski definition) is 0. The maximum absolute atomic E-state index is 10.9. The summed E-state index contributed by atoms with van der Waals surface area (Å²) >= 11 is 3.98. The maximum atomic E-state index is 10.9. The topological polar surface area (TPSA) is 112 Å². The number of nitro benzene ring substituents is 1. The number of halogens is 1. The van der Waals surface area contributed by atoms with Crippen LogP contribution in [-0.4, -0.2) is 20.4 Å². The quantitative estimate of drug-likeness (QED) is 0.461. The van der Waals surface area contributed by atoms with Crippen molar-refractivity contribution in [2.24, 2.45) is 4.99 Å². The van der Waals surface area contributed by atoms with Gasteiger partial charge in [-0.2, -0.15) is 4.37 Å². The predicted octanol–water partition coefficient (Wildman–Crippen LogP) is 3.78. The smallest absolute Gasteiger partial charge is 0.258 e. The molecule has 1 aromatic carbocycles. The molecule has 0 radical (unpaired) electrons. The molecule has 0 atom stereocenters. The second-order valence-electron chi connectivity index (χ2n) is 3.91. The van der Waals surface area contributed by atoms with Crippen LogP contribution >= 0.6 is 27.5 Å². The summed E-state index contributed by atoms with van der Waals surface area (Å²) in [5.74, 6) is 0. The maximum Gasteiger partial charge on any atom is 0.328 e. The van der Waals surface area contributed by atoms with Crippen LogP contribution in [0.2, 0.25) is 0 Å². The van der Waals surface area contributed by atoms with Crippen molar-refractivity contribution in [1.29, 1.82) is 0 Å². The van der Waals surface area contributed by atoms with Crippen molar-refractivity contribution in [3.05, 3.63) is 54.2 Å². The van der Waals surface area contributed by atoms with Gasteiger partial charge < -0.3 is 0 Å². The van der Waals surface area contributed by atoms with Gasteiger partial charge in [0.1, 0.15) is 5.69 Å². The molecule has 1 heterocycles. The van der Waals surface area contributed by atoms with E-state index < -0.39 is 9.85 Å². The van der Waals surface area contributed by atoms with Crippen LogP contribution in [0.15, 0.2) is 27.7 Å². The van der Waals surface area contributed by atoms with Gasteiger partial charge in [-0.3, -0.25) is 20.2 Å². The number of nitro groups is 2. The van der Waals surface area contributed by atoms with Gasteiger partial charge >= 0.3 is 5.69 Å². The molecule has 0 unspecified atom stereocenters. The molecular formula is C11H7BrN4O4S. The van der Waals surface area contributed by atoms with Gasteiger partial charge in [0, 0.05) is 12.3 Å². The Morgan fingerprint density at radius 1 is 1.33 bits per heavy atom. The van der Waals surface area contributed by atoms with Crippen LogP contribution in [0.3, 0.4) is 0 Å². The molecular weight excluding hydrogens is 364 g/mol. The molecule has 0 aliphatic carbocycles. The summed E-state index contributed by atoms with van der Waals surface area (Å²) in [5, 5.41) is 21.9. The van der Waals surface area contributed by atoms with Gasteiger partial charge in [-0.05, 0) is 46.0 Å². The predicted molar refractivity (Wildman–Crippen MR) is 81.6 cm³/mol. The number of nitrogens with zero attached hydrogens (tertiary/aromatic N) is 4. The zero-order valence-electron chi connectivity index (χ0n) is 10.5. The van der Waals surface area contributed by atoms with E-state index in [-0.39, 0.29) is 16.4 Å². The summed E-state index contributed by atoms with van der Waals surface area (Å²) in [4.78, 5) is 24.7. The first-order chi connectivity index (χ1) is 9.90. The zero-order chi connectivity index (χ0) is 15.6. The van der Waals surface area contributed by atoms with Crippen LogP contribution in [0, 0.1) is 27.2 Å². The Morgan fingerprint density at radius 3 is 2.67 bits per heavy atom. The van der Waals surface area contributed by atoms with Gasteiger partial charge in [-0.15, -0.1) is 0 Å². The van der Waals surface area contributed by atoms with Crippen LogP contribution in [0.25, 0.3) is 0 Å². The fraction of sp³-hybridized carbons (Fsp3) is 0.0909. The second kappa shape index (κ2) is 6.06. The monoisotopic (exact) mass is 370 g/mol. The van der Waals surface area contributed by atoms with Gasteiger partial charge in [0.2, 0.25) is 5.00 Å². The normalized spacial score (nSPS) is 11.0. The first-order valence-electron chi connectivity index (χ1n) is 5.49. The molecule has 21 heavy (non-hydrogen) atoms. The Bertz CT molecular complexity index is 759. The highest BCUT2D eigenvalue weighted by atomic mass is 79.9. The highest BCUT2D eigenvalue weighted by Crippen LogP contribution is 2.34. The first-order valence-corrected chi connectivity index (χ1v) is 7.05. The SMILES string of the molecule is Cc1nsc(/N=C/c2ccc(Br)c([N+](=O)[O-])c2)c1[N+](=O)[O-]. The Kier molecular flexibility index (Phi) is 4.38. The van der Waals surface area contributed by atoms with Gasteiger partial charge in [-0.1, -0.05) is 6.07 Å². The van der Waals surface area contributed by atoms with E-state index in [1.807, 2.05) is 0 Å². The molecule has 10 heteroatoms. The third-order valence-electron chi connectivity index (χ3n) is 2.49. The lowest BCUT2D eigenvalue weighted by Crippen LogP contribution is -1.91. The van der Waals surface area contributed by atoms with Crippen molar-refractivity contribution in [3.8, 4) is 0 Å². The lowest BCUT2D eigenvalue weighted by Gasteiger charge is -1.97. The van der Waals surface area contributed by atoms with Crippen molar-refractivity contribution < 1.29 is 9.85 Å². The largest absolute Gasteiger partial charge is 0.328 e. The molecule has 0 bridgehead atoms. The Balaban J connectivity index is 2.36. The third-order valence-corrected chi connectivity index (χ3v) is 4.00. The second-order valence-corrected chi connectivity index (χ2v) is 5.51. The Morgan fingerprint density at radius 2 is 2.05 bits per heavy atom. The van der Waals surface area contributed by atoms with E-state index in [4.69, 9.17) is 0 Å². The van der Waals surface area contributed by atoms with Gasteiger partial charge in [0.25, 0.3) is 5.69 Å². The molecule has 0 aliphatic heterocycles. The van der Waals surface area contributed by atoms with Crippen LogP contribution in [0.5, 0.6) is 0 Å². The average molecular weight is 371 g/mol. The van der Waals surface area contributed by atoms with E-state index in [1.165, 1.54) is 25.3 Å². The van der Waals surface area contributed by atoms with E-state index in [2.05, 4.69) is 25.3 Å². The average Bonchev–Trinajstić information content (AvgIpc) is 2.78. The van der Waals surface area contributed by atoms with Crippen molar-refractivity contribution in [2.75, 3.05) is 0 Å². The molecule has 0 saturated carbocycles. The molecule has 8 nitrogen and oxygen atoms in total. The van der Waals surface area contributed by atoms with Crippen LogP contribution in [0.1, 0.15) is 11.3 Å². The van der Waals surface area contributed by atoms with Crippen LogP contribution in [-0.2, 0) is 0 Å². The molecule has 0 spiro atoms. The first kappa shape index (κ1) is 15.2. The summed E-state index contributed by atoms with van der Waals surface area (Å²) in [7, 11) is 0. The standard InChI is InChI=1S/C11H7BrN4O4S/c1-6-10(16(19)20)11(21-14-6)13-5-7-2-3-8(12)9(4-7)15(17)18/h2-5H,1H3/b13-5+. The molecule has 2 rings (SSSR count). The van der Waals surface area contributed by atoms with E-state index in [1.54, 1.807) is 6.07 Å². The van der Waals surface area contributed by atoms with E-state index >= 15 is 0 Å². The number of hydrogen-bond acceptors (Lipinski definition) is 7. The molecule has 1 aromatic heterocycles. The number of aliphatic imine (C=N–C) groups is 1. The van der Waals surface area contributed by atoms with Crippen molar-refractivity contribution in [2.45, 2.75) is 6.92 Å². The van der Waals surface area contributed by atoms with E-state index in [0.29, 0.717) is 15.7 Å². The summed E-state index contributed by atoms with van der Waals surface area (Å²) in [6.45, 7) is 1.53. The zero-order valence-corrected chi connectivity index (χ0v) is 12.9. The minimum absolute atomic E-state index is 0.103. The molecule has 108 valence electrons. The number of aryl methyl sites for hydroxylation is 1. The van der Waals surface area contributed by atoms with Gasteiger partial charge in [0.05, 0.1) is 14.3 Å². The molecule has 0 saturated heterocycles. The molecule has 2 aromatic rings. The summed E-state index contributed by atoms with van der Waals surface area (Å²) < 4.78 is 4.23. The van der Waals surface area contributed by atoms with Gasteiger partial charge in [0.15, 0.2) is 0 Å². The van der Waals surface area contributed by atoms with E-state index in [9.17, 15) is 20.2 Å². The van der Waals surface area contributed by atoms with Crippen molar-refractivity contribution in [3.63, 3.8) is 0 Å². The number of benzene rings is 1. The minimum Gasteiger partial charge on any atom is -0.258 e. The van der Waals surface area contributed by atoms with Crippen molar-refractivity contribution in [1.82, 2.24) is 4.37 Å². The Labute approximate surface area is 130 Å². The molecule has 0 aliphatic rings. The summed E-state index contributed by atoms with van der Waals surface area (Å²) in [5.41, 5.74) is 0.501. The molecule has 0 N–H and O–H groups in total. The summed E-state index contributed by atoms with van der Waals surface area (Å²) in [6.07, 6.45) is 1.33. The minimum atomic E-state index is -0.546. The van der Waals surface area contributed by atoms with Crippen LogP contribution in [0.4, 0.5) is 16.4 Å². The molecule has 0 amide bonds. The lowest BCUT2D eigenvalue weighted by atomic mass is 10.2. The third kappa shape index (κ3) is 3.28.